The third-order valence-corrected chi connectivity index (χ3v) is 4.37. The molecule has 0 amide bonds. The number of nitrogens with two attached hydrogens (primary N) is 1. The van der Waals surface area contributed by atoms with Crippen molar-refractivity contribution in [3.05, 3.63) is 16.4 Å². The van der Waals surface area contributed by atoms with Gasteiger partial charge in [-0.05, 0) is 6.42 Å². The summed E-state index contributed by atoms with van der Waals surface area (Å²) in [6.07, 6.45) is 1.48. The molecule has 10 heteroatoms. The summed E-state index contributed by atoms with van der Waals surface area (Å²) in [6, 6.07) is -0.386. The molecule has 1 aromatic rings. The number of hydrogen-bond donors (Lipinski definition) is 2. The van der Waals surface area contributed by atoms with Gasteiger partial charge in [-0.25, -0.2) is 18.4 Å². The summed E-state index contributed by atoms with van der Waals surface area (Å²) < 4.78 is 22.6. The van der Waals surface area contributed by atoms with Crippen LogP contribution in [0, 0.1) is 10.1 Å². The second-order valence-electron chi connectivity index (χ2n) is 3.96. The Labute approximate surface area is 102 Å². The second-order valence-corrected chi connectivity index (χ2v) is 6.19. The minimum atomic E-state index is -3.07. The summed E-state index contributed by atoms with van der Waals surface area (Å²) in [4.78, 5) is 17.4. The second kappa shape index (κ2) is 4.37. The third-order valence-electron chi connectivity index (χ3n) is 2.61. The number of hydrogen-bond acceptors (Lipinski definition) is 8. The quantitative estimate of drug-likeness (QED) is 0.558. The Hall–Kier alpha value is -1.97. The Balaban J connectivity index is 2.25. The highest BCUT2D eigenvalue weighted by Gasteiger charge is 2.30. The molecule has 18 heavy (non-hydrogen) atoms. The van der Waals surface area contributed by atoms with Gasteiger partial charge in [0.25, 0.3) is 0 Å². The van der Waals surface area contributed by atoms with Crippen LogP contribution in [0.4, 0.5) is 17.3 Å². The fraction of sp³-hybridized carbons (Fsp3) is 0.500. The lowest BCUT2D eigenvalue weighted by molar-refractivity contribution is -0.383. The Morgan fingerprint density at radius 3 is 2.78 bits per heavy atom. The van der Waals surface area contributed by atoms with Crippen molar-refractivity contribution in [1.29, 1.82) is 0 Å². The van der Waals surface area contributed by atoms with E-state index in [9.17, 15) is 18.5 Å². The first-order valence-electron chi connectivity index (χ1n) is 5.11. The van der Waals surface area contributed by atoms with Gasteiger partial charge in [0.15, 0.2) is 9.84 Å². The normalized spacial score (nSPS) is 21.7. The van der Waals surface area contributed by atoms with Crippen LogP contribution in [-0.2, 0) is 9.84 Å². The Kier molecular flexibility index (Phi) is 3.03. The van der Waals surface area contributed by atoms with Gasteiger partial charge in [-0.2, -0.15) is 0 Å². The molecule has 9 nitrogen and oxygen atoms in total. The first-order valence-corrected chi connectivity index (χ1v) is 6.93. The zero-order chi connectivity index (χ0) is 13.3. The van der Waals surface area contributed by atoms with Gasteiger partial charge in [-0.3, -0.25) is 10.1 Å². The van der Waals surface area contributed by atoms with Crippen molar-refractivity contribution in [3.63, 3.8) is 0 Å². The molecule has 0 radical (unpaired) electrons. The number of nitro groups is 1. The maximum absolute atomic E-state index is 11.3. The minimum Gasteiger partial charge on any atom is -0.378 e. The van der Waals surface area contributed by atoms with Crippen LogP contribution in [0.15, 0.2) is 6.33 Å². The summed E-state index contributed by atoms with van der Waals surface area (Å²) in [5.41, 5.74) is 4.97. The zero-order valence-electron chi connectivity index (χ0n) is 9.24. The van der Waals surface area contributed by atoms with Gasteiger partial charge in [-0.15, -0.1) is 0 Å². The van der Waals surface area contributed by atoms with Crippen LogP contribution in [0.2, 0.25) is 0 Å². The number of nitrogens with zero attached hydrogens (tertiary/aromatic N) is 3. The SMILES string of the molecule is Nc1ncnc(N[C@@H]2CCS(=O)(=O)C2)c1[N+](=O)[O-]. The van der Waals surface area contributed by atoms with E-state index < -0.39 is 20.4 Å². The van der Waals surface area contributed by atoms with Gasteiger partial charge in [0.1, 0.15) is 6.33 Å². The van der Waals surface area contributed by atoms with Gasteiger partial charge in [-0.1, -0.05) is 0 Å². The summed E-state index contributed by atoms with van der Waals surface area (Å²) in [5.74, 6) is -0.291. The van der Waals surface area contributed by atoms with Crippen molar-refractivity contribution in [2.45, 2.75) is 12.5 Å². The molecule has 98 valence electrons. The average molecular weight is 273 g/mol. The van der Waals surface area contributed by atoms with Gasteiger partial charge in [0.2, 0.25) is 11.6 Å². The van der Waals surface area contributed by atoms with E-state index in [-0.39, 0.29) is 29.2 Å². The van der Waals surface area contributed by atoms with E-state index in [0.29, 0.717) is 6.42 Å². The first kappa shape index (κ1) is 12.5. The molecule has 0 spiro atoms. The summed E-state index contributed by atoms with van der Waals surface area (Å²) in [6.45, 7) is 0. The molecule has 1 saturated heterocycles. The third kappa shape index (κ3) is 2.47. The van der Waals surface area contributed by atoms with E-state index in [1.54, 1.807) is 0 Å². The summed E-state index contributed by atoms with van der Waals surface area (Å²) in [5, 5.41) is 13.6. The lowest BCUT2D eigenvalue weighted by Crippen LogP contribution is -2.22. The molecule has 0 unspecified atom stereocenters. The molecular formula is C8H11N5O4S. The predicted molar refractivity (Wildman–Crippen MR) is 63.8 cm³/mol. The summed E-state index contributed by atoms with van der Waals surface area (Å²) in [7, 11) is -3.07. The van der Waals surface area contributed by atoms with Gasteiger partial charge >= 0.3 is 5.69 Å². The van der Waals surface area contributed by atoms with Crippen molar-refractivity contribution < 1.29 is 13.3 Å². The van der Waals surface area contributed by atoms with Gasteiger partial charge in [0, 0.05) is 6.04 Å². The van der Waals surface area contributed by atoms with Crippen LogP contribution in [0.3, 0.4) is 0 Å². The lowest BCUT2D eigenvalue weighted by Gasteiger charge is -2.11. The van der Waals surface area contributed by atoms with E-state index in [1.165, 1.54) is 0 Å². The van der Waals surface area contributed by atoms with Crippen molar-refractivity contribution >= 4 is 27.2 Å². The van der Waals surface area contributed by atoms with E-state index in [1.807, 2.05) is 0 Å². The average Bonchev–Trinajstić information content (AvgIpc) is 2.57. The molecule has 0 saturated carbocycles. The maximum atomic E-state index is 11.3. The van der Waals surface area contributed by atoms with Crippen LogP contribution in [-0.4, -0.2) is 40.9 Å². The Bertz CT molecular complexity index is 587. The first-order chi connectivity index (χ1) is 8.39. The zero-order valence-corrected chi connectivity index (χ0v) is 10.1. The van der Waals surface area contributed by atoms with Crippen molar-refractivity contribution in [2.24, 2.45) is 0 Å². The van der Waals surface area contributed by atoms with Crippen LogP contribution < -0.4 is 11.1 Å². The molecular weight excluding hydrogens is 262 g/mol. The molecule has 1 aliphatic heterocycles. The summed E-state index contributed by atoms with van der Waals surface area (Å²) >= 11 is 0. The minimum absolute atomic E-state index is 0.0467. The molecule has 3 N–H and O–H groups in total. The molecule has 1 aliphatic rings. The highest BCUT2D eigenvalue weighted by Crippen LogP contribution is 2.28. The van der Waals surface area contributed by atoms with E-state index in [4.69, 9.17) is 5.73 Å². The predicted octanol–water partition coefficient (Wildman–Crippen LogP) is -0.434. The monoisotopic (exact) mass is 273 g/mol. The van der Waals surface area contributed by atoms with Crippen molar-refractivity contribution in [3.8, 4) is 0 Å². The molecule has 1 aromatic heterocycles. The number of aromatic nitrogens is 2. The number of nitrogens with one attached hydrogen (secondary N) is 1. The number of anilines is 2. The van der Waals surface area contributed by atoms with Crippen LogP contribution in [0.1, 0.15) is 6.42 Å². The molecule has 0 aromatic carbocycles. The highest BCUT2D eigenvalue weighted by molar-refractivity contribution is 7.91. The number of nitrogen functional groups attached to an aromatic ring is 1. The number of rotatable bonds is 3. The van der Waals surface area contributed by atoms with Crippen LogP contribution >= 0.6 is 0 Å². The van der Waals surface area contributed by atoms with E-state index in [2.05, 4.69) is 15.3 Å². The Morgan fingerprint density at radius 1 is 1.50 bits per heavy atom. The smallest absolute Gasteiger partial charge is 0.352 e. The van der Waals surface area contributed by atoms with Crippen LogP contribution in [0.25, 0.3) is 0 Å². The molecule has 2 heterocycles. The number of sulfone groups is 1. The Morgan fingerprint density at radius 2 is 2.22 bits per heavy atom. The highest BCUT2D eigenvalue weighted by atomic mass is 32.2. The van der Waals surface area contributed by atoms with Crippen molar-refractivity contribution in [2.75, 3.05) is 22.6 Å². The van der Waals surface area contributed by atoms with Crippen LogP contribution in [0.5, 0.6) is 0 Å². The van der Waals surface area contributed by atoms with Gasteiger partial charge in [0.05, 0.1) is 16.4 Å². The molecule has 0 aliphatic carbocycles. The van der Waals surface area contributed by atoms with E-state index in [0.717, 1.165) is 6.33 Å². The fourth-order valence-corrected chi connectivity index (χ4v) is 3.45. The van der Waals surface area contributed by atoms with Crippen molar-refractivity contribution in [1.82, 2.24) is 9.97 Å². The standard InChI is InChI=1S/C8H11N5O4S/c9-7-6(13(14)15)8(11-4-10-7)12-5-1-2-18(16,17)3-5/h4-5H,1-3H2,(H3,9,10,11,12)/t5-/m1/s1. The topological polar surface area (TPSA) is 141 Å². The largest absolute Gasteiger partial charge is 0.378 e. The van der Waals surface area contributed by atoms with Gasteiger partial charge < -0.3 is 11.1 Å². The van der Waals surface area contributed by atoms with E-state index >= 15 is 0 Å². The fourth-order valence-electron chi connectivity index (χ4n) is 1.78. The molecule has 1 atom stereocenters. The maximum Gasteiger partial charge on any atom is 0.352 e. The lowest BCUT2D eigenvalue weighted by atomic mass is 10.2. The molecule has 1 fully saturated rings. The molecule has 2 rings (SSSR count). The molecule has 0 bridgehead atoms.